The summed E-state index contributed by atoms with van der Waals surface area (Å²) in [5.74, 6) is 2.41. The fourth-order valence-electron chi connectivity index (χ4n) is 2.97. The summed E-state index contributed by atoms with van der Waals surface area (Å²) in [5, 5.41) is 9.83. The maximum absolute atomic E-state index is 12.2. The van der Waals surface area contributed by atoms with E-state index in [0.717, 1.165) is 28.2 Å². The largest absolute Gasteiger partial charge is 0.497 e. The molecule has 0 unspecified atom stereocenters. The van der Waals surface area contributed by atoms with Crippen LogP contribution >= 0.6 is 0 Å². The SMILES string of the molecule is COc1ccc(-c2n[nH]c(CNC(=O)/C=C/c3ccc(OCc4cccnc4)cc3)n2)cc1. The molecule has 33 heavy (non-hydrogen) atoms. The predicted molar refractivity (Wildman–Crippen MR) is 124 cm³/mol. The number of amides is 1. The lowest BCUT2D eigenvalue weighted by Crippen LogP contribution is -2.20. The molecule has 2 N–H and O–H groups in total. The second-order valence-electron chi connectivity index (χ2n) is 7.10. The van der Waals surface area contributed by atoms with Crippen LogP contribution in [0.2, 0.25) is 0 Å². The van der Waals surface area contributed by atoms with Gasteiger partial charge in [-0.15, -0.1) is 0 Å². The Morgan fingerprint density at radius 3 is 2.58 bits per heavy atom. The molecule has 0 aliphatic heterocycles. The Balaban J connectivity index is 1.25. The molecule has 1 amide bonds. The Labute approximate surface area is 191 Å². The van der Waals surface area contributed by atoms with Gasteiger partial charge in [0.05, 0.1) is 13.7 Å². The summed E-state index contributed by atoms with van der Waals surface area (Å²) in [6, 6.07) is 18.8. The molecule has 0 saturated heterocycles. The minimum Gasteiger partial charge on any atom is -0.497 e. The predicted octanol–water partition coefficient (Wildman–Crippen LogP) is 3.78. The monoisotopic (exact) mass is 441 g/mol. The van der Waals surface area contributed by atoms with Crippen molar-refractivity contribution in [3.63, 3.8) is 0 Å². The van der Waals surface area contributed by atoms with Crippen molar-refractivity contribution in [2.45, 2.75) is 13.2 Å². The zero-order valence-electron chi connectivity index (χ0n) is 18.1. The number of nitrogens with one attached hydrogen (secondary N) is 2. The van der Waals surface area contributed by atoms with Crippen molar-refractivity contribution < 1.29 is 14.3 Å². The molecule has 166 valence electrons. The van der Waals surface area contributed by atoms with Crippen molar-refractivity contribution >= 4 is 12.0 Å². The van der Waals surface area contributed by atoms with Crippen LogP contribution in [0.5, 0.6) is 11.5 Å². The van der Waals surface area contributed by atoms with Crippen LogP contribution in [0.1, 0.15) is 17.0 Å². The van der Waals surface area contributed by atoms with Crippen molar-refractivity contribution in [2.75, 3.05) is 7.11 Å². The number of aromatic nitrogens is 4. The molecule has 4 aromatic rings. The van der Waals surface area contributed by atoms with Crippen molar-refractivity contribution in [1.82, 2.24) is 25.5 Å². The van der Waals surface area contributed by atoms with Gasteiger partial charge in [0.15, 0.2) is 5.82 Å². The quantitative estimate of drug-likeness (QED) is 0.383. The van der Waals surface area contributed by atoms with Crippen LogP contribution in [0.4, 0.5) is 0 Å². The van der Waals surface area contributed by atoms with Gasteiger partial charge >= 0.3 is 0 Å². The molecule has 2 aromatic heterocycles. The van der Waals surface area contributed by atoms with E-state index in [-0.39, 0.29) is 12.5 Å². The standard InChI is InChI=1S/C25H23N5O3/c1-32-21-11-7-20(8-12-21)25-28-23(29-30-25)16-27-24(31)13-6-18-4-9-22(10-5-18)33-17-19-3-2-14-26-15-19/h2-15H,16-17H2,1H3,(H,27,31)(H,28,29,30)/b13-6+. The summed E-state index contributed by atoms with van der Waals surface area (Å²) in [5.41, 5.74) is 2.75. The average molecular weight is 441 g/mol. The van der Waals surface area contributed by atoms with Crippen LogP contribution in [-0.2, 0) is 17.9 Å². The normalized spacial score (nSPS) is 10.8. The molecule has 0 saturated carbocycles. The van der Waals surface area contributed by atoms with Crippen molar-refractivity contribution in [1.29, 1.82) is 0 Å². The highest BCUT2D eigenvalue weighted by molar-refractivity contribution is 5.91. The highest BCUT2D eigenvalue weighted by Gasteiger charge is 2.07. The number of pyridine rings is 1. The van der Waals surface area contributed by atoms with Gasteiger partial charge < -0.3 is 14.8 Å². The third-order valence-corrected chi connectivity index (χ3v) is 4.75. The smallest absolute Gasteiger partial charge is 0.244 e. The maximum Gasteiger partial charge on any atom is 0.244 e. The number of ether oxygens (including phenoxy) is 2. The van der Waals surface area contributed by atoms with Crippen LogP contribution in [0, 0.1) is 0 Å². The van der Waals surface area contributed by atoms with Crippen LogP contribution in [0.15, 0.2) is 79.1 Å². The van der Waals surface area contributed by atoms with E-state index in [4.69, 9.17) is 9.47 Å². The summed E-state index contributed by atoms with van der Waals surface area (Å²) in [7, 11) is 1.62. The van der Waals surface area contributed by atoms with E-state index in [1.165, 1.54) is 6.08 Å². The second kappa shape index (κ2) is 10.7. The van der Waals surface area contributed by atoms with Crippen LogP contribution in [-0.4, -0.2) is 33.2 Å². The van der Waals surface area contributed by atoms with Gasteiger partial charge in [-0.3, -0.25) is 14.9 Å². The lowest BCUT2D eigenvalue weighted by molar-refractivity contribution is -0.116. The first-order valence-corrected chi connectivity index (χ1v) is 10.3. The van der Waals surface area contributed by atoms with E-state index in [0.29, 0.717) is 18.3 Å². The molecule has 4 rings (SSSR count). The topological polar surface area (TPSA) is 102 Å². The molecule has 0 radical (unpaired) electrons. The van der Waals surface area contributed by atoms with Gasteiger partial charge in [-0.2, -0.15) is 5.10 Å². The Morgan fingerprint density at radius 1 is 1.06 bits per heavy atom. The number of hydrogen-bond donors (Lipinski definition) is 2. The highest BCUT2D eigenvalue weighted by Crippen LogP contribution is 2.19. The first-order valence-electron chi connectivity index (χ1n) is 10.3. The molecule has 0 spiro atoms. The minimum atomic E-state index is -0.227. The summed E-state index contributed by atoms with van der Waals surface area (Å²) in [4.78, 5) is 20.6. The number of carbonyl (C=O) groups excluding carboxylic acids is 1. The number of aromatic amines is 1. The molecule has 0 atom stereocenters. The van der Waals surface area contributed by atoms with Crippen LogP contribution < -0.4 is 14.8 Å². The Morgan fingerprint density at radius 2 is 1.85 bits per heavy atom. The van der Waals surface area contributed by atoms with Gasteiger partial charge in [-0.1, -0.05) is 18.2 Å². The molecule has 0 bridgehead atoms. The fourth-order valence-corrected chi connectivity index (χ4v) is 2.97. The molecule has 2 aromatic carbocycles. The molecule has 8 heteroatoms. The Kier molecular flexibility index (Phi) is 7.07. The third-order valence-electron chi connectivity index (χ3n) is 4.75. The second-order valence-corrected chi connectivity index (χ2v) is 7.10. The molecule has 8 nitrogen and oxygen atoms in total. The average Bonchev–Trinajstić information content (AvgIpc) is 3.35. The zero-order chi connectivity index (χ0) is 22.9. The zero-order valence-corrected chi connectivity index (χ0v) is 18.1. The molecule has 0 aliphatic rings. The van der Waals surface area contributed by atoms with Crippen molar-refractivity contribution in [2.24, 2.45) is 0 Å². The molecule has 2 heterocycles. The van der Waals surface area contributed by atoms with E-state index in [1.54, 1.807) is 25.6 Å². The van der Waals surface area contributed by atoms with Gasteiger partial charge in [-0.25, -0.2) is 4.98 Å². The first kappa shape index (κ1) is 21.8. The number of benzene rings is 2. The van der Waals surface area contributed by atoms with E-state index < -0.39 is 0 Å². The summed E-state index contributed by atoms with van der Waals surface area (Å²) in [6.07, 6.45) is 6.72. The van der Waals surface area contributed by atoms with Crippen LogP contribution in [0.3, 0.4) is 0 Å². The number of nitrogens with zero attached hydrogens (tertiary/aromatic N) is 3. The van der Waals surface area contributed by atoms with E-state index in [9.17, 15) is 4.79 Å². The van der Waals surface area contributed by atoms with E-state index in [1.807, 2.05) is 60.7 Å². The lowest BCUT2D eigenvalue weighted by atomic mass is 10.2. The van der Waals surface area contributed by atoms with Gasteiger partial charge in [0.1, 0.15) is 23.9 Å². The highest BCUT2D eigenvalue weighted by atomic mass is 16.5. The number of hydrogen-bond acceptors (Lipinski definition) is 6. The van der Waals surface area contributed by atoms with Gasteiger partial charge in [-0.05, 0) is 54.1 Å². The summed E-state index contributed by atoms with van der Waals surface area (Å²) in [6.45, 7) is 0.695. The minimum absolute atomic E-state index is 0.227. The van der Waals surface area contributed by atoms with Crippen molar-refractivity contribution in [3.05, 3.63) is 96.1 Å². The van der Waals surface area contributed by atoms with E-state index in [2.05, 4.69) is 25.5 Å². The van der Waals surface area contributed by atoms with Gasteiger partial charge in [0, 0.05) is 29.6 Å². The summed E-state index contributed by atoms with van der Waals surface area (Å²) >= 11 is 0. The lowest BCUT2D eigenvalue weighted by Gasteiger charge is -2.06. The Bertz CT molecular complexity index is 1200. The molecular formula is C25H23N5O3. The molecular weight excluding hydrogens is 418 g/mol. The van der Waals surface area contributed by atoms with Crippen molar-refractivity contribution in [3.8, 4) is 22.9 Å². The van der Waals surface area contributed by atoms with Gasteiger partial charge in [0.25, 0.3) is 0 Å². The van der Waals surface area contributed by atoms with E-state index >= 15 is 0 Å². The number of rotatable bonds is 9. The maximum atomic E-state index is 12.2. The number of methoxy groups -OCH3 is 1. The van der Waals surface area contributed by atoms with Crippen LogP contribution in [0.25, 0.3) is 17.5 Å². The first-order chi connectivity index (χ1) is 16.2. The number of H-pyrrole nitrogens is 1. The Hall–Kier alpha value is -4.46. The third kappa shape index (κ3) is 6.27. The summed E-state index contributed by atoms with van der Waals surface area (Å²) < 4.78 is 10.9. The fraction of sp³-hybridized carbons (Fsp3) is 0.120. The molecule has 0 fully saturated rings. The molecule has 0 aliphatic carbocycles. The van der Waals surface area contributed by atoms with Gasteiger partial charge in [0.2, 0.25) is 5.91 Å². The number of carbonyl (C=O) groups is 1.